The molecule has 2 heterocycles. The average Bonchev–Trinajstić information content (AvgIpc) is 3.26. The molecule has 1 aliphatic heterocycles. The van der Waals surface area contributed by atoms with Gasteiger partial charge in [0.25, 0.3) is 0 Å². The summed E-state index contributed by atoms with van der Waals surface area (Å²) in [6, 6.07) is 19.0. The van der Waals surface area contributed by atoms with Crippen LogP contribution < -0.4 is 5.32 Å². The highest BCUT2D eigenvalue weighted by Gasteiger charge is 2.32. The van der Waals surface area contributed by atoms with Gasteiger partial charge < -0.3 is 9.88 Å². The molecule has 0 spiro atoms. The molecule has 1 atom stereocenters. The van der Waals surface area contributed by atoms with Gasteiger partial charge in [-0.15, -0.1) is 0 Å². The van der Waals surface area contributed by atoms with Crippen LogP contribution in [-0.4, -0.2) is 16.3 Å². The quantitative estimate of drug-likeness (QED) is 0.700. The summed E-state index contributed by atoms with van der Waals surface area (Å²) < 4.78 is 1.99. The van der Waals surface area contributed by atoms with E-state index in [-0.39, 0.29) is 17.6 Å². The molecule has 1 aromatic heterocycles. The third-order valence-corrected chi connectivity index (χ3v) is 5.24. The maximum absolute atomic E-state index is 12.9. The summed E-state index contributed by atoms with van der Waals surface area (Å²) in [5, 5.41) is 3.05. The second-order valence-electron chi connectivity index (χ2n) is 7.14. The van der Waals surface area contributed by atoms with Gasteiger partial charge in [-0.3, -0.25) is 9.59 Å². The van der Waals surface area contributed by atoms with E-state index in [9.17, 15) is 9.59 Å². The molecule has 0 saturated carbocycles. The van der Waals surface area contributed by atoms with Crippen molar-refractivity contribution in [3.05, 3.63) is 88.7 Å². The minimum atomic E-state index is -0.233. The Labute approximate surface area is 158 Å². The third-order valence-electron chi connectivity index (χ3n) is 5.24. The topological polar surface area (TPSA) is 51.1 Å². The number of hydrogen-bond acceptors (Lipinski definition) is 2. The Bertz CT molecular complexity index is 1020. The lowest BCUT2D eigenvalue weighted by Gasteiger charge is -2.13. The van der Waals surface area contributed by atoms with E-state index in [4.69, 9.17) is 0 Å². The van der Waals surface area contributed by atoms with Gasteiger partial charge in [-0.2, -0.15) is 0 Å². The average molecular weight is 358 g/mol. The van der Waals surface area contributed by atoms with Crippen molar-refractivity contribution in [1.82, 2.24) is 4.57 Å². The number of ketones is 1. The van der Waals surface area contributed by atoms with Crippen molar-refractivity contribution < 1.29 is 9.59 Å². The van der Waals surface area contributed by atoms with Crippen LogP contribution in [-0.2, 0) is 11.3 Å². The number of hydrogen-bond donors (Lipinski definition) is 1. The fourth-order valence-corrected chi connectivity index (χ4v) is 3.82. The Hall–Kier alpha value is -3.14. The Morgan fingerprint density at radius 3 is 2.52 bits per heavy atom. The van der Waals surface area contributed by atoms with Crippen molar-refractivity contribution in [2.24, 2.45) is 0 Å². The summed E-state index contributed by atoms with van der Waals surface area (Å²) in [6.07, 6.45) is 0.710. The van der Waals surface area contributed by atoms with Gasteiger partial charge in [0.05, 0.1) is 11.6 Å². The number of aromatic nitrogens is 1. The fraction of sp³-hybridized carbons (Fsp3) is 0.217. The molecule has 0 radical (unpaired) electrons. The second kappa shape index (κ2) is 6.88. The lowest BCUT2D eigenvalue weighted by molar-refractivity contribution is -0.117. The molecule has 0 unspecified atom stereocenters. The Morgan fingerprint density at radius 1 is 1.00 bits per heavy atom. The third kappa shape index (κ3) is 3.19. The van der Waals surface area contributed by atoms with Crippen LogP contribution in [0.4, 0.5) is 5.69 Å². The maximum Gasteiger partial charge on any atom is 0.233 e. The number of carbonyl (C=O) groups is 2. The number of rotatable bonds is 4. The predicted molar refractivity (Wildman–Crippen MR) is 106 cm³/mol. The first-order valence-corrected chi connectivity index (χ1v) is 9.22. The van der Waals surface area contributed by atoms with E-state index in [0.717, 1.165) is 16.9 Å². The molecule has 136 valence electrons. The summed E-state index contributed by atoms with van der Waals surface area (Å²) >= 11 is 0. The molecule has 1 amide bonds. The van der Waals surface area contributed by atoms with Gasteiger partial charge in [0.2, 0.25) is 11.7 Å². The van der Waals surface area contributed by atoms with E-state index in [2.05, 4.69) is 11.4 Å². The van der Waals surface area contributed by atoms with Crippen LogP contribution in [0.25, 0.3) is 0 Å². The van der Waals surface area contributed by atoms with Crippen molar-refractivity contribution in [3.63, 3.8) is 0 Å². The van der Waals surface area contributed by atoms with Gasteiger partial charge >= 0.3 is 0 Å². The Kier molecular flexibility index (Phi) is 4.40. The highest BCUT2D eigenvalue weighted by molar-refractivity contribution is 6.08. The molecule has 3 aromatic rings. The van der Waals surface area contributed by atoms with E-state index in [1.54, 1.807) is 0 Å². The van der Waals surface area contributed by atoms with Crippen molar-refractivity contribution in [3.8, 4) is 0 Å². The summed E-state index contributed by atoms with van der Waals surface area (Å²) in [4.78, 5) is 25.6. The summed E-state index contributed by atoms with van der Waals surface area (Å²) in [5.41, 5.74) is 5.30. The highest BCUT2D eigenvalue weighted by atomic mass is 16.2. The lowest BCUT2D eigenvalue weighted by atomic mass is 10.0. The Morgan fingerprint density at radius 2 is 1.78 bits per heavy atom. The first-order chi connectivity index (χ1) is 13.0. The molecule has 0 aliphatic carbocycles. The van der Waals surface area contributed by atoms with Gasteiger partial charge in [-0.05, 0) is 44.0 Å². The maximum atomic E-state index is 12.9. The smallest absolute Gasteiger partial charge is 0.233 e. The molecular formula is C23H22N2O2. The van der Waals surface area contributed by atoms with E-state index in [0.29, 0.717) is 24.2 Å². The van der Waals surface area contributed by atoms with E-state index in [1.807, 2.05) is 73.0 Å². The molecule has 1 aliphatic rings. The molecular weight excluding hydrogens is 336 g/mol. The Balaban J connectivity index is 1.57. The van der Waals surface area contributed by atoms with Crippen LogP contribution in [0.2, 0.25) is 0 Å². The van der Waals surface area contributed by atoms with E-state index in [1.165, 1.54) is 5.56 Å². The van der Waals surface area contributed by atoms with Crippen LogP contribution in [0.3, 0.4) is 0 Å². The number of aryl methyl sites for hydroxylation is 2. The first-order valence-electron chi connectivity index (χ1n) is 9.22. The lowest BCUT2D eigenvalue weighted by Crippen LogP contribution is -2.20. The van der Waals surface area contributed by atoms with Crippen molar-refractivity contribution >= 4 is 17.4 Å². The van der Waals surface area contributed by atoms with Crippen molar-refractivity contribution in [1.29, 1.82) is 0 Å². The molecule has 4 rings (SSSR count). The molecule has 27 heavy (non-hydrogen) atoms. The van der Waals surface area contributed by atoms with Gasteiger partial charge in [-0.1, -0.05) is 48.0 Å². The number of nitrogens with zero attached hydrogens (tertiary/aromatic N) is 1. The number of benzene rings is 2. The zero-order chi connectivity index (χ0) is 19.0. The van der Waals surface area contributed by atoms with Crippen LogP contribution in [0, 0.1) is 13.8 Å². The van der Waals surface area contributed by atoms with Crippen LogP contribution >= 0.6 is 0 Å². The molecule has 4 nitrogen and oxygen atoms in total. The van der Waals surface area contributed by atoms with Crippen LogP contribution in [0.1, 0.15) is 45.2 Å². The second-order valence-corrected chi connectivity index (χ2v) is 7.14. The summed E-state index contributed by atoms with van der Waals surface area (Å²) in [7, 11) is 0. The zero-order valence-electron chi connectivity index (χ0n) is 15.5. The fourth-order valence-electron chi connectivity index (χ4n) is 3.82. The molecule has 0 saturated heterocycles. The zero-order valence-corrected chi connectivity index (χ0v) is 15.5. The van der Waals surface area contributed by atoms with Crippen LogP contribution in [0.15, 0.2) is 60.7 Å². The minimum Gasteiger partial charge on any atom is -0.341 e. The highest BCUT2D eigenvalue weighted by Crippen LogP contribution is 2.32. The number of anilines is 1. The number of carbonyl (C=O) groups excluding carboxylic acids is 2. The van der Waals surface area contributed by atoms with E-state index < -0.39 is 0 Å². The monoisotopic (exact) mass is 358 g/mol. The van der Waals surface area contributed by atoms with Gasteiger partial charge in [-0.25, -0.2) is 0 Å². The number of nitrogens with one attached hydrogen (secondary N) is 1. The summed E-state index contributed by atoms with van der Waals surface area (Å²) in [6.45, 7) is 4.71. The van der Waals surface area contributed by atoms with Crippen LogP contribution in [0.5, 0.6) is 0 Å². The molecule has 0 fully saturated rings. The molecule has 4 heteroatoms. The molecule has 2 aromatic carbocycles. The van der Waals surface area contributed by atoms with Gasteiger partial charge in [0.15, 0.2) is 0 Å². The number of fused-ring (bicyclic) bond motifs is 1. The minimum absolute atomic E-state index is 0.00251. The van der Waals surface area contributed by atoms with Gasteiger partial charge in [0, 0.05) is 23.5 Å². The largest absolute Gasteiger partial charge is 0.341 e. The predicted octanol–water partition coefficient (Wildman–Crippen LogP) is 4.46. The SMILES string of the molecule is Cc1ccc(NC(=O)[C@@H]2CCn3c(C(=O)c4ccccc4)ccc32)c(C)c1. The first kappa shape index (κ1) is 17.3. The van der Waals surface area contributed by atoms with E-state index >= 15 is 0 Å². The van der Waals surface area contributed by atoms with Gasteiger partial charge in [0.1, 0.15) is 0 Å². The molecule has 1 N–H and O–H groups in total. The normalized spacial score (nSPS) is 15.4. The standard InChI is InChI=1S/C23H22N2O2/c1-15-8-9-19(16(2)14-15)24-23(27)18-12-13-25-20(18)10-11-21(25)22(26)17-6-4-3-5-7-17/h3-11,14,18H,12-13H2,1-2H3,(H,24,27)/t18-/m1/s1. The number of amides is 1. The van der Waals surface area contributed by atoms with Crippen molar-refractivity contribution in [2.75, 3.05) is 5.32 Å². The molecule has 0 bridgehead atoms. The van der Waals surface area contributed by atoms with Crippen molar-refractivity contribution in [2.45, 2.75) is 32.7 Å². The summed E-state index contributed by atoms with van der Waals surface area (Å²) in [5.74, 6) is -0.252.